The SMILES string of the molecule is O=C(Nc1ncc(Cc2c(F)cccc2F)s1)c1n[nH]nc1C1CC1. The molecule has 0 saturated heterocycles. The number of amides is 1. The van der Waals surface area contributed by atoms with E-state index < -0.39 is 17.5 Å². The van der Waals surface area contributed by atoms with Crippen molar-refractivity contribution in [2.24, 2.45) is 0 Å². The van der Waals surface area contributed by atoms with Crippen LogP contribution in [-0.2, 0) is 6.42 Å². The van der Waals surface area contributed by atoms with Gasteiger partial charge < -0.3 is 0 Å². The van der Waals surface area contributed by atoms with E-state index in [1.165, 1.54) is 35.7 Å². The van der Waals surface area contributed by atoms with E-state index in [1.807, 2.05) is 0 Å². The first kappa shape index (κ1) is 15.8. The average Bonchev–Trinajstić information content (AvgIpc) is 3.14. The molecule has 1 aromatic carbocycles. The van der Waals surface area contributed by atoms with E-state index in [2.05, 4.69) is 25.7 Å². The van der Waals surface area contributed by atoms with Crippen molar-refractivity contribution in [1.29, 1.82) is 0 Å². The number of anilines is 1. The lowest BCUT2D eigenvalue weighted by Gasteiger charge is -2.02. The fourth-order valence-corrected chi connectivity index (χ4v) is 3.35. The van der Waals surface area contributed by atoms with Crippen LogP contribution in [0.4, 0.5) is 13.9 Å². The summed E-state index contributed by atoms with van der Waals surface area (Å²) in [5.41, 5.74) is 0.915. The Labute approximate surface area is 145 Å². The molecular weight excluding hydrogens is 348 g/mol. The number of aromatic amines is 1. The third-order valence-corrected chi connectivity index (χ3v) is 4.85. The van der Waals surface area contributed by atoms with E-state index in [9.17, 15) is 13.6 Å². The maximum absolute atomic E-state index is 13.7. The van der Waals surface area contributed by atoms with Gasteiger partial charge in [-0.2, -0.15) is 15.4 Å². The molecule has 1 aliphatic carbocycles. The molecule has 0 unspecified atom stereocenters. The summed E-state index contributed by atoms with van der Waals surface area (Å²) in [5, 5.41) is 13.4. The molecule has 0 radical (unpaired) electrons. The van der Waals surface area contributed by atoms with Crippen LogP contribution >= 0.6 is 11.3 Å². The van der Waals surface area contributed by atoms with Gasteiger partial charge in [0.1, 0.15) is 11.6 Å². The van der Waals surface area contributed by atoms with Crippen LogP contribution in [0.25, 0.3) is 0 Å². The number of rotatable bonds is 5. The summed E-state index contributed by atoms with van der Waals surface area (Å²) in [5.74, 6) is -1.31. The van der Waals surface area contributed by atoms with Crippen LogP contribution in [0.5, 0.6) is 0 Å². The number of benzene rings is 1. The van der Waals surface area contributed by atoms with Gasteiger partial charge in [-0.15, -0.1) is 11.3 Å². The third-order valence-electron chi connectivity index (χ3n) is 3.94. The zero-order valence-corrected chi connectivity index (χ0v) is 13.7. The Morgan fingerprint density at radius 1 is 1.28 bits per heavy atom. The fraction of sp³-hybridized carbons (Fsp3) is 0.250. The smallest absolute Gasteiger partial charge is 0.279 e. The van der Waals surface area contributed by atoms with Crippen molar-refractivity contribution >= 4 is 22.4 Å². The van der Waals surface area contributed by atoms with Crippen LogP contribution in [0.3, 0.4) is 0 Å². The number of hydrogen-bond acceptors (Lipinski definition) is 5. The Hall–Kier alpha value is -2.68. The lowest BCUT2D eigenvalue weighted by atomic mass is 10.1. The van der Waals surface area contributed by atoms with Crippen LogP contribution in [0.15, 0.2) is 24.4 Å². The van der Waals surface area contributed by atoms with Crippen LogP contribution in [0, 0.1) is 11.6 Å². The van der Waals surface area contributed by atoms with Gasteiger partial charge in [-0.3, -0.25) is 10.1 Å². The van der Waals surface area contributed by atoms with E-state index in [0.29, 0.717) is 15.7 Å². The molecule has 1 saturated carbocycles. The van der Waals surface area contributed by atoms with Gasteiger partial charge in [0.15, 0.2) is 10.8 Å². The van der Waals surface area contributed by atoms with Gasteiger partial charge in [0.25, 0.3) is 5.91 Å². The van der Waals surface area contributed by atoms with Crippen molar-refractivity contribution in [2.75, 3.05) is 5.32 Å². The van der Waals surface area contributed by atoms with Crippen molar-refractivity contribution in [2.45, 2.75) is 25.2 Å². The molecule has 4 rings (SSSR count). The second-order valence-corrected chi connectivity index (χ2v) is 6.91. The Morgan fingerprint density at radius 3 is 2.76 bits per heavy atom. The van der Waals surface area contributed by atoms with Gasteiger partial charge in [-0.1, -0.05) is 6.07 Å². The van der Waals surface area contributed by atoms with Gasteiger partial charge in [0.05, 0.1) is 5.69 Å². The maximum Gasteiger partial charge on any atom is 0.279 e. The average molecular weight is 361 g/mol. The van der Waals surface area contributed by atoms with Crippen LogP contribution in [-0.4, -0.2) is 26.3 Å². The summed E-state index contributed by atoms with van der Waals surface area (Å²) < 4.78 is 27.4. The number of nitrogens with zero attached hydrogens (tertiary/aromatic N) is 3. The lowest BCUT2D eigenvalue weighted by Crippen LogP contribution is -2.14. The van der Waals surface area contributed by atoms with Crippen molar-refractivity contribution < 1.29 is 13.6 Å². The van der Waals surface area contributed by atoms with E-state index in [0.717, 1.165) is 12.8 Å². The highest BCUT2D eigenvalue weighted by Gasteiger charge is 2.32. The van der Waals surface area contributed by atoms with Gasteiger partial charge in [0.2, 0.25) is 0 Å². The number of H-pyrrole nitrogens is 1. The third kappa shape index (κ3) is 3.27. The summed E-state index contributed by atoms with van der Waals surface area (Å²) in [6.07, 6.45) is 3.57. The van der Waals surface area contributed by atoms with Crippen LogP contribution in [0.2, 0.25) is 0 Å². The molecule has 1 fully saturated rings. The number of nitrogens with one attached hydrogen (secondary N) is 2. The zero-order valence-electron chi connectivity index (χ0n) is 12.9. The Balaban J connectivity index is 1.48. The summed E-state index contributed by atoms with van der Waals surface area (Å²) in [4.78, 5) is 17.1. The molecule has 25 heavy (non-hydrogen) atoms. The Bertz CT molecular complexity index is 914. The number of thiazole rings is 1. The zero-order chi connectivity index (χ0) is 17.4. The predicted octanol–water partition coefficient (Wildman–Crippen LogP) is 3.26. The number of hydrogen-bond donors (Lipinski definition) is 2. The highest BCUT2D eigenvalue weighted by atomic mass is 32.1. The van der Waals surface area contributed by atoms with Gasteiger partial charge >= 0.3 is 0 Å². The number of carbonyl (C=O) groups excluding carboxylic acids is 1. The molecule has 3 aromatic rings. The van der Waals surface area contributed by atoms with E-state index in [4.69, 9.17) is 0 Å². The molecule has 9 heteroatoms. The van der Waals surface area contributed by atoms with Gasteiger partial charge in [0, 0.05) is 29.0 Å². The highest BCUT2D eigenvalue weighted by molar-refractivity contribution is 7.15. The molecule has 1 amide bonds. The first-order chi connectivity index (χ1) is 12.1. The highest BCUT2D eigenvalue weighted by Crippen LogP contribution is 2.40. The second kappa shape index (κ2) is 6.32. The molecule has 2 heterocycles. The fourth-order valence-electron chi connectivity index (χ4n) is 2.53. The molecule has 0 bridgehead atoms. The normalized spacial score (nSPS) is 13.8. The monoisotopic (exact) mass is 361 g/mol. The summed E-state index contributed by atoms with van der Waals surface area (Å²) >= 11 is 1.17. The molecule has 1 aliphatic rings. The standard InChI is InChI=1S/C16H13F2N5OS/c17-11-2-1-3-12(18)10(11)6-9-7-19-16(25-9)20-15(24)14-13(8-4-5-8)21-23-22-14/h1-3,7-8H,4-6H2,(H,19,20,24)(H,21,22,23). The van der Waals surface area contributed by atoms with Gasteiger partial charge in [-0.25, -0.2) is 13.8 Å². The van der Waals surface area contributed by atoms with E-state index in [1.54, 1.807) is 0 Å². The Morgan fingerprint density at radius 2 is 2.04 bits per heavy atom. The minimum absolute atomic E-state index is 0.0171. The maximum atomic E-state index is 13.7. The second-order valence-electron chi connectivity index (χ2n) is 5.79. The molecule has 0 aliphatic heterocycles. The van der Waals surface area contributed by atoms with Crippen LogP contribution < -0.4 is 5.32 Å². The van der Waals surface area contributed by atoms with E-state index >= 15 is 0 Å². The lowest BCUT2D eigenvalue weighted by molar-refractivity contribution is 0.102. The minimum Gasteiger partial charge on any atom is -0.296 e. The van der Waals surface area contributed by atoms with Crippen molar-refractivity contribution in [3.8, 4) is 0 Å². The molecule has 6 nitrogen and oxygen atoms in total. The minimum atomic E-state index is -0.601. The molecule has 0 atom stereocenters. The number of aromatic nitrogens is 4. The van der Waals surface area contributed by atoms with Crippen molar-refractivity contribution in [3.05, 3.63) is 57.9 Å². The first-order valence-electron chi connectivity index (χ1n) is 7.71. The summed E-state index contributed by atoms with van der Waals surface area (Å²) in [7, 11) is 0. The largest absolute Gasteiger partial charge is 0.296 e. The molecular formula is C16H13F2N5OS. The molecule has 2 aromatic heterocycles. The van der Waals surface area contributed by atoms with Gasteiger partial charge in [-0.05, 0) is 25.0 Å². The Kier molecular flexibility index (Phi) is 4.00. The quantitative estimate of drug-likeness (QED) is 0.731. The van der Waals surface area contributed by atoms with E-state index in [-0.39, 0.29) is 23.6 Å². The number of halogens is 2. The molecule has 0 spiro atoms. The molecule has 128 valence electrons. The number of carbonyl (C=O) groups is 1. The summed E-state index contributed by atoms with van der Waals surface area (Å²) in [6, 6.07) is 3.75. The molecule has 2 N–H and O–H groups in total. The predicted molar refractivity (Wildman–Crippen MR) is 87.6 cm³/mol. The van der Waals surface area contributed by atoms with Crippen molar-refractivity contribution in [1.82, 2.24) is 20.4 Å². The van der Waals surface area contributed by atoms with Crippen molar-refractivity contribution in [3.63, 3.8) is 0 Å². The topological polar surface area (TPSA) is 83.6 Å². The first-order valence-corrected chi connectivity index (χ1v) is 8.53. The summed E-state index contributed by atoms with van der Waals surface area (Å²) in [6.45, 7) is 0. The van der Waals surface area contributed by atoms with Crippen LogP contribution in [0.1, 0.15) is 45.4 Å².